The van der Waals surface area contributed by atoms with Gasteiger partial charge >= 0.3 is 0 Å². The van der Waals surface area contributed by atoms with Gasteiger partial charge in [0.1, 0.15) is 0 Å². The van der Waals surface area contributed by atoms with Crippen LogP contribution in [-0.4, -0.2) is 4.98 Å². The molecule has 13 aromatic carbocycles. The first kappa shape index (κ1) is 46.5. The normalized spacial score (nSPS) is 12.0. The fraction of sp³-hybridized carbons (Fsp3) is 0. The average molecular weight is 1170 g/mol. The highest BCUT2D eigenvalue weighted by molar-refractivity contribution is 7.25. The van der Waals surface area contributed by atoms with Crippen molar-refractivity contribution < 1.29 is 13.7 Å². The predicted octanol–water partition coefficient (Wildman–Crippen LogP) is 23.9. The number of fused-ring (bicyclic) bond motifs is 4. The quantitative estimate of drug-likeness (QED) is 0.0918. The number of para-hydroxylation sites is 2. The summed E-state index contributed by atoms with van der Waals surface area (Å²) >= 11 is 1.83. The van der Waals surface area contributed by atoms with Gasteiger partial charge in [0, 0.05) is 83.5 Å². The van der Waals surface area contributed by atoms with E-state index in [2.05, 4.69) is 177 Å². The highest BCUT2D eigenvalue weighted by Gasteiger charge is 2.08. The molecule has 0 saturated heterocycles. The zero-order chi connectivity index (χ0) is 68.9. The third-order valence-electron chi connectivity index (χ3n) is 14.3. The fourth-order valence-corrected chi connectivity index (χ4v) is 11.0. The topological polar surface area (TPSA) is 65.4 Å². The van der Waals surface area contributed by atoms with Gasteiger partial charge in [-0.3, -0.25) is 4.98 Å². The predicted molar refractivity (Wildman–Crippen MR) is 381 cm³/mol. The SMILES string of the molecule is [2H]c1c([2H])c([2H])c(-c2ccc(Nc3ccccc3)cc2)c([2H])c1[2H].[2H]c1c([2H])c([2H])c(Nc2cccc3ccccc23)c([2H])c1[2H].[C-]#[N+]c1ccc(-c2cccc(Nc3ccc4sc5ccccc5c4c3)c2)cc1.c1ccc(-c2ccc(Nc3ccc(-c4cccnc4)cc3)cc2)cc1. The Bertz CT molecular complexity index is 5230. The van der Waals surface area contributed by atoms with Crippen LogP contribution >= 0.6 is 11.3 Å². The van der Waals surface area contributed by atoms with Gasteiger partial charge in [-0.2, -0.15) is 0 Å². The lowest BCUT2D eigenvalue weighted by atomic mass is 10.0. The molecule has 0 unspecified atom stereocenters. The third-order valence-corrected chi connectivity index (χ3v) is 15.5. The molecule has 0 fully saturated rings. The van der Waals surface area contributed by atoms with E-state index in [4.69, 9.17) is 20.3 Å². The highest BCUT2D eigenvalue weighted by atomic mass is 32.1. The summed E-state index contributed by atoms with van der Waals surface area (Å²) in [7, 11) is 0. The second kappa shape index (κ2) is 28.8. The van der Waals surface area contributed by atoms with Crippen LogP contribution in [0, 0.1) is 6.57 Å². The largest absolute Gasteiger partial charge is 0.356 e. The second-order valence-electron chi connectivity index (χ2n) is 20.3. The van der Waals surface area contributed by atoms with Gasteiger partial charge in [0.2, 0.25) is 0 Å². The number of pyridine rings is 1. The summed E-state index contributed by atoms with van der Waals surface area (Å²) in [6.45, 7) is 7.09. The molecule has 6 nitrogen and oxygen atoms in total. The van der Waals surface area contributed by atoms with Crippen LogP contribution in [0.3, 0.4) is 0 Å². The smallest absolute Gasteiger partial charge is 0.187 e. The van der Waals surface area contributed by atoms with Crippen molar-refractivity contribution in [1.82, 2.24) is 4.98 Å². The van der Waals surface area contributed by atoms with E-state index in [0.29, 0.717) is 16.9 Å². The molecule has 0 aliphatic carbocycles. The molecule has 0 radical (unpaired) electrons. The molecule has 0 bridgehead atoms. The number of aromatic nitrogens is 1. The van der Waals surface area contributed by atoms with E-state index in [1.165, 1.54) is 31.3 Å². The van der Waals surface area contributed by atoms with Crippen LogP contribution in [0.15, 0.2) is 352 Å². The first-order chi connectivity index (χ1) is 48.2. The van der Waals surface area contributed by atoms with E-state index >= 15 is 0 Å². The van der Waals surface area contributed by atoms with Gasteiger partial charge in [0.25, 0.3) is 0 Å². The van der Waals surface area contributed by atoms with Crippen LogP contribution in [0.1, 0.15) is 13.7 Å². The first-order valence-corrected chi connectivity index (χ1v) is 29.5. The lowest BCUT2D eigenvalue weighted by molar-refractivity contribution is 1.33. The minimum absolute atomic E-state index is 0.0855. The van der Waals surface area contributed by atoms with Crippen LogP contribution in [-0.2, 0) is 0 Å². The second-order valence-corrected chi connectivity index (χ2v) is 21.4. The van der Waals surface area contributed by atoms with Crippen LogP contribution in [0.4, 0.5) is 51.2 Å². The molecular weight excluding hydrogens is 1100 g/mol. The molecule has 15 rings (SSSR count). The van der Waals surface area contributed by atoms with E-state index < -0.39 is 6.04 Å². The van der Waals surface area contributed by atoms with E-state index in [0.717, 1.165) is 67.2 Å². The van der Waals surface area contributed by atoms with Crippen molar-refractivity contribution in [3.8, 4) is 44.5 Å². The van der Waals surface area contributed by atoms with Gasteiger partial charge in [-0.25, -0.2) is 4.85 Å². The lowest BCUT2D eigenvalue weighted by Crippen LogP contribution is -1.90. The molecule has 0 spiro atoms. The van der Waals surface area contributed by atoms with Gasteiger partial charge in [-0.05, 0) is 159 Å². The number of benzene rings is 13. The zero-order valence-electron chi connectivity index (χ0n) is 58.0. The molecule has 426 valence electrons. The van der Waals surface area contributed by atoms with E-state index in [-0.39, 0.29) is 65.6 Å². The molecule has 4 N–H and O–H groups in total. The van der Waals surface area contributed by atoms with Gasteiger partial charge < -0.3 is 21.3 Å². The molecule has 2 aromatic heterocycles. The zero-order valence-corrected chi connectivity index (χ0v) is 48.8. The summed E-state index contributed by atoms with van der Waals surface area (Å²) in [6.07, 6.45) is 3.67. The molecular formula is C82H62N6S. The Labute approximate surface area is 538 Å². The van der Waals surface area contributed by atoms with Gasteiger partial charge in [-0.15, -0.1) is 11.3 Å². The number of hydrogen-bond donors (Lipinski definition) is 4. The Balaban J connectivity index is 0.000000126. The monoisotopic (exact) mass is 1170 g/mol. The van der Waals surface area contributed by atoms with Crippen LogP contribution in [0.5, 0.6) is 0 Å². The Morgan fingerprint density at radius 2 is 0.775 bits per heavy atom. The van der Waals surface area contributed by atoms with Gasteiger partial charge in [0.15, 0.2) is 5.69 Å². The summed E-state index contributed by atoms with van der Waals surface area (Å²) < 4.78 is 80.8. The molecule has 89 heavy (non-hydrogen) atoms. The lowest BCUT2D eigenvalue weighted by Gasteiger charge is -2.09. The van der Waals surface area contributed by atoms with Crippen molar-refractivity contribution in [2.24, 2.45) is 0 Å². The molecule has 0 atom stereocenters. The van der Waals surface area contributed by atoms with Crippen molar-refractivity contribution in [3.05, 3.63) is 363 Å². The maximum absolute atomic E-state index is 8.02. The van der Waals surface area contributed by atoms with E-state index in [1.54, 1.807) is 18.3 Å². The van der Waals surface area contributed by atoms with Crippen LogP contribution < -0.4 is 21.3 Å². The summed E-state index contributed by atoms with van der Waals surface area (Å²) in [5, 5.41) is 17.8. The molecule has 7 heteroatoms. The molecule has 0 aliphatic rings. The molecule has 2 heterocycles. The summed E-state index contributed by atoms with van der Waals surface area (Å²) in [6, 6.07) is 89.7. The molecule has 0 saturated carbocycles. The maximum atomic E-state index is 8.02. The van der Waals surface area contributed by atoms with E-state index in [9.17, 15) is 0 Å². The van der Waals surface area contributed by atoms with Crippen molar-refractivity contribution in [3.63, 3.8) is 0 Å². The molecule has 0 aliphatic heterocycles. The average Bonchev–Trinajstić information content (AvgIpc) is 1.78. The minimum atomic E-state index is -0.390. The Morgan fingerprint density at radius 3 is 1.44 bits per heavy atom. The van der Waals surface area contributed by atoms with Crippen molar-refractivity contribution in [2.45, 2.75) is 0 Å². The number of nitrogens with zero attached hydrogens (tertiary/aromatic N) is 2. The van der Waals surface area contributed by atoms with Gasteiger partial charge in [-0.1, -0.05) is 230 Å². The Hall–Kier alpha value is -11.8. The van der Waals surface area contributed by atoms with Crippen molar-refractivity contribution >= 4 is 93.5 Å². The number of hydrogen-bond acceptors (Lipinski definition) is 6. The minimum Gasteiger partial charge on any atom is -0.356 e. The third kappa shape index (κ3) is 15.4. The van der Waals surface area contributed by atoms with Crippen LogP contribution in [0.2, 0.25) is 0 Å². The molecule has 0 amide bonds. The Kier molecular flexibility index (Phi) is 15.1. The summed E-state index contributed by atoms with van der Waals surface area (Å²) in [5.41, 5.74) is 15.3. The fourth-order valence-electron chi connectivity index (χ4n) is 9.88. The number of thiophene rings is 1. The van der Waals surface area contributed by atoms with Crippen molar-refractivity contribution in [2.75, 3.05) is 21.3 Å². The summed E-state index contributed by atoms with van der Waals surface area (Å²) in [5.74, 6) is 0. The standard InChI is InChI=1S/C25H16N2S.C23H18N2.C18H15N.C16H13N/c1-26-19-11-9-17(10-12-19)18-5-4-6-20(15-18)27-21-13-14-25-23(16-21)22-7-2-3-8-24(22)28-25;1-2-5-18(6-3-1)19-8-12-22(13-9-19)25-23-14-10-20(11-15-23)21-7-4-16-24-17-21;1-3-7-15(8-4-1)16-11-13-18(14-12-16)19-17-9-5-2-6-10-17;1-2-9-14(10-3-1)17-16-12-6-8-13-7-4-5-11-15(13)16/h2-16,27H;1-17,25H;1-14,19H;1-12,17H/i;;1D,3D,4D,7D,8D;1D,2D,3D,9D,10D. The maximum Gasteiger partial charge on any atom is 0.187 e. The number of rotatable bonds is 12. The first-order valence-electron chi connectivity index (χ1n) is 33.7. The van der Waals surface area contributed by atoms with Crippen molar-refractivity contribution in [1.29, 1.82) is 0 Å². The number of anilines is 8. The van der Waals surface area contributed by atoms with E-state index in [1.807, 2.05) is 139 Å². The summed E-state index contributed by atoms with van der Waals surface area (Å²) in [4.78, 5) is 7.63. The molecule has 15 aromatic rings. The van der Waals surface area contributed by atoms with Gasteiger partial charge in [0.05, 0.1) is 20.3 Å². The Morgan fingerprint density at radius 1 is 0.315 bits per heavy atom. The number of nitrogens with one attached hydrogen (secondary N) is 4. The van der Waals surface area contributed by atoms with Crippen LogP contribution in [0.25, 0.3) is 80.3 Å². The highest BCUT2D eigenvalue weighted by Crippen LogP contribution is 2.37.